The smallest absolute Gasteiger partial charge is 0.145 e. The Hall–Kier alpha value is -1.25. The average Bonchev–Trinajstić information content (AvgIpc) is 2.29. The fourth-order valence-electron chi connectivity index (χ4n) is 1.61. The SMILES string of the molecule is COc1ccc(C)nc1-c1c(Cl)cccc1Cl. The van der Waals surface area contributed by atoms with E-state index in [1.807, 2.05) is 19.1 Å². The summed E-state index contributed by atoms with van der Waals surface area (Å²) < 4.78 is 5.28. The number of hydrogen-bond acceptors (Lipinski definition) is 2. The molecular weight excluding hydrogens is 257 g/mol. The quantitative estimate of drug-likeness (QED) is 0.806. The van der Waals surface area contributed by atoms with Gasteiger partial charge in [-0.1, -0.05) is 29.3 Å². The van der Waals surface area contributed by atoms with Gasteiger partial charge in [0.05, 0.1) is 17.2 Å². The van der Waals surface area contributed by atoms with Crippen LogP contribution in [0.25, 0.3) is 11.3 Å². The van der Waals surface area contributed by atoms with E-state index in [4.69, 9.17) is 27.9 Å². The zero-order valence-corrected chi connectivity index (χ0v) is 11.0. The zero-order chi connectivity index (χ0) is 12.4. The first-order chi connectivity index (χ1) is 8.13. The molecule has 0 N–H and O–H groups in total. The largest absolute Gasteiger partial charge is 0.494 e. The van der Waals surface area contributed by atoms with E-state index in [-0.39, 0.29) is 0 Å². The average molecular weight is 268 g/mol. The summed E-state index contributed by atoms with van der Waals surface area (Å²) in [6.07, 6.45) is 0. The lowest BCUT2D eigenvalue weighted by molar-refractivity contribution is 0.414. The Morgan fingerprint density at radius 3 is 2.29 bits per heavy atom. The molecular formula is C13H11Cl2NO. The molecule has 4 heteroatoms. The van der Waals surface area contributed by atoms with Gasteiger partial charge in [-0.25, -0.2) is 4.98 Å². The molecule has 0 bridgehead atoms. The summed E-state index contributed by atoms with van der Waals surface area (Å²) in [6.45, 7) is 1.91. The van der Waals surface area contributed by atoms with Crippen LogP contribution in [0.5, 0.6) is 5.75 Å². The Bertz CT molecular complexity index is 535. The molecule has 2 nitrogen and oxygen atoms in total. The number of pyridine rings is 1. The third-order valence-electron chi connectivity index (χ3n) is 2.42. The van der Waals surface area contributed by atoms with Crippen molar-refractivity contribution >= 4 is 23.2 Å². The van der Waals surface area contributed by atoms with Crippen molar-refractivity contribution in [2.75, 3.05) is 7.11 Å². The van der Waals surface area contributed by atoms with Gasteiger partial charge in [-0.2, -0.15) is 0 Å². The normalized spacial score (nSPS) is 10.4. The molecule has 88 valence electrons. The van der Waals surface area contributed by atoms with Crippen LogP contribution in [0.1, 0.15) is 5.69 Å². The van der Waals surface area contributed by atoms with E-state index >= 15 is 0 Å². The molecule has 2 aromatic rings. The van der Waals surface area contributed by atoms with E-state index in [1.54, 1.807) is 25.3 Å². The highest BCUT2D eigenvalue weighted by atomic mass is 35.5. The highest BCUT2D eigenvalue weighted by Crippen LogP contribution is 2.38. The predicted octanol–water partition coefficient (Wildman–Crippen LogP) is 4.37. The lowest BCUT2D eigenvalue weighted by Crippen LogP contribution is -1.94. The summed E-state index contributed by atoms with van der Waals surface area (Å²) in [5.74, 6) is 0.658. The van der Waals surface area contributed by atoms with Crippen molar-refractivity contribution in [1.29, 1.82) is 0 Å². The number of rotatable bonds is 2. The van der Waals surface area contributed by atoms with E-state index in [0.29, 0.717) is 27.1 Å². The van der Waals surface area contributed by atoms with Crippen LogP contribution in [0, 0.1) is 6.92 Å². The van der Waals surface area contributed by atoms with E-state index in [1.165, 1.54) is 0 Å². The molecule has 1 heterocycles. The van der Waals surface area contributed by atoms with Gasteiger partial charge in [0.2, 0.25) is 0 Å². The monoisotopic (exact) mass is 267 g/mol. The van der Waals surface area contributed by atoms with Gasteiger partial charge >= 0.3 is 0 Å². The molecule has 2 rings (SSSR count). The minimum atomic E-state index is 0.564. The van der Waals surface area contributed by atoms with Gasteiger partial charge in [0.15, 0.2) is 0 Å². The van der Waals surface area contributed by atoms with E-state index in [2.05, 4.69) is 4.98 Å². The van der Waals surface area contributed by atoms with Crippen LogP contribution in [0.15, 0.2) is 30.3 Å². The number of nitrogens with zero attached hydrogens (tertiary/aromatic N) is 1. The highest BCUT2D eigenvalue weighted by molar-refractivity contribution is 6.39. The molecule has 1 aromatic carbocycles. The molecule has 0 saturated heterocycles. The van der Waals surface area contributed by atoms with Crippen molar-refractivity contribution in [3.8, 4) is 17.0 Å². The third-order valence-corrected chi connectivity index (χ3v) is 3.05. The number of hydrogen-bond donors (Lipinski definition) is 0. The number of aromatic nitrogens is 1. The zero-order valence-electron chi connectivity index (χ0n) is 9.50. The second-order valence-electron chi connectivity index (χ2n) is 3.60. The summed E-state index contributed by atoms with van der Waals surface area (Å²) in [5.41, 5.74) is 2.26. The Morgan fingerprint density at radius 2 is 1.71 bits per heavy atom. The Kier molecular flexibility index (Phi) is 3.55. The molecule has 0 aliphatic rings. The van der Waals surface area contributed by atoms with Gasteiger partial charge in [0.25, 0.3) is 0 Å². The summed E-state index contributed by atoms with van der Waals surface area (Å²) in [6, 6.07) is 9.11. The second-order valence-corrected chi connectivity index (χ2v) is 4.41. The van der Waals surface area contributed by atoms with Gasteiger partial charge in [-0.05, 0) is 31.2 Å². The van der Waals surface area contributed by atoms with Gasteiger partial charge in [0.1, 0.15) is 11.4 Å². The fraction of sp³-hybridized carbons (Fsp3) is 0.154. The fourth-order valence-corrected chi connectivity index (χ4v) is 2.19. The third kappa shape index (κ3) is 2.38. The van der Waals surface area contributed by atoms with Gasteiger partial charge in [-0.3, -0.25) is 0 Å². The predicted molar refractivity (Wildman–Crippen MR) is 71.0 cm³/mol. The summed E-state index contributed by atoms with van der Waals surface area (Å²) in [7, 11) is 1.60. The molecule has 0 aliphatic heterocycles. The Balaban J connectivity index is 2.71. The summed E-state index contributed by atoms with van der Waals surface area (Å²) in [4.78, 5) is 4.44. The van der Waals surface area contributed by atoms with Crippen molar-refractivity contribution in [2.45, 2.75) is 6.92 Å². The minimum absolute atomic E-state index is 0.564. The Morgan fingerprint density at radius 1 is 1.06 bits per heavy atom. The van der Waals surface area contributed by atoms with Crippen LogP contribution in [-0.2, 0) is 0 Å². The minimum Gasteiger partial charge on any atom is -0.494 e. The van der Waals surface area contributed by atoms with Crippen LogP contribution in [0.4, 0.5) is 0 Å². The van der Waals surface area contributed by atoms with Crippen LogP contribution >= 0.6 is 23.2 Å². The second kappa shape index (κ2) is 4.94. The van der Waals surface area contributed by atoms with E-state index in [0.717, 1.165) is 5.69 Å². The summed E-state index contributed by atoms with van der Waals surface area (Å²) >= 11 is 12.3. The summed E-state index contributed by atoms with van der Waals surface area (Å²) in [5, 5.41) is 1.13. The maximum absolute atomic E-state index is 6.17. The van der Waals surface area contributed by atoms with E-state index in [9.17, 15) is 0 Å². The Labute approximate surface area is 110 Å². The van der Waals surface area contributed by atoms with Crippen molar-refractivity contribution in [1.82, 2.24) is 4.98 Å². The number of benzene rings is 1. The van der Waals surface area contributed by atoms with Gasteiger partial charge < -0.3 is 4.74 Å². The number of methoxy groups -OCH3 is 1. The number of aryl methyl sites for hydroxylation is 1. The van der Waals surface area contributed by atoms with Crippen LogP contribution in [-0.4, -0.2) is 12.1 Å². The van der Waals surface area contributed by atoms with E-state index < -0.39 is 0 Å². The molecule has 0 aliphatic carbocycles. The molecule has 17 heavy (non-hydrogen) atoms. The number of ether oxygens (including phenoxy) is 1. The lowest BCUT2D eigenvalue weighted by atomic mass is 10.1. The van der Waals surface area contributed by atoms with Crippen LogP contribution in [0.2, 0.25) is 10.0 Å². The molecule has 0 fully saturated rings. The number of halogens is 2. The first-order valence-electron chi connectivity index (χ1n) is 5.09. The lowest BCUT2D eigenvalue weighted by Gasteiger charge is -2.11. The maximum Gasteiger partial charge on any atom is 0.145 e. The van der Waals surface area contributed by atoms with Gasteiger partial charge in [-0.15, -0.1) is 0 Å². The maximum atomic E-state index is 6.17. The molecule has 0 atom stereocenters. The van der Waals surface area contributed by atoms with Crippen molar-refractivity contribution in [3.05, 3.63) is 46.1 Å². The van der Waals surface area contributed by atoms with Crippen molar-refractivity contribution < 1.29 is 4.74 Å². The first kappa shape index (κ1) is 12.2. The molecule has 0 spiro atoms. The van der Waals surface area contributed by atoms with Crippen molar-refractivity contribution in [2.24, 2.45) is 0 Å². The first-order valence-corrected chi connectivity index (χ1v) is 5.85. The van der Waals surface area contributed by atoms with Gasteiger partial charge in [0, 0.05) is 11.3 Å². The van der Waals surface area contributed by atoms with Crippen molar-refractivity contribution in [3.63, 3.8) is 0 Å². The van der Waals surface area contributed by atoms with Crippen LogP contribution in [0.3, 0.4) is 0 Å². The standard InChI is InChI=1S/C13H11Cl2NO/c1-8-6-7-11(17-2)13(16-8)12-9(14)4-3-5-10(12)15/h3-7H,1-2H3. The molecule has 0 saturated carbocycles. The van der Waals surface area contributed by atoms with Crippen LogP contribution < -0.4 is 4.74 Å². The topological polar surface area (TPSA) is 22.1 Å². The molecule has 0 unspecified atom stereocenters. The molecule has 0 amide bonds. The molecule has 1 aromatic heterocycles. The molecule has 0 radical (unpaired) electrons. The highest BCUT2D eigenvalue weighted by Gasteiger charge is 2.14.